The topological polar surface area (TPSA) is 97.8 Å². The van der Waals surface area contributed by atoms with Crippen molar-refractivity contribution in [2.45, 2.75) is 58.1 Å². The van der Waals surface area contributed by atoms with Gasteiger partial charge in [0.1, 0.15) is 17.6 Å². The van der Waals surface area contributed by atoms with E-state index in [-0.39, 0.29) is 17.4 Å². The van der Waals surface area contributed by atoms with Crippen LogP contribution >= 0.6 is 0 Å². The quantitative estimate of drug-likeness (QED) is 0.167. The number of fused-ring (bicyclic) bond motifs is 1. The van der Waals surface area contributed by atoms with Gasteiger partial charge in [-0.1, -0.05) is 25.8 Å². The molecule has 2 aromatic rings. The number of ketones is 1. The van der Waals surface area contributed by atoms with E-state index in [0.29, 0.717) is 61.8 Å². The first-order valence-corrected chi connectivity index (χ1v) is 15.1. The maximum Gasteiger partial charge on any atom is 0.295 e. The first-order valence-electron chi connectivity index (χ1n) is 15.1. The minimum atomic E-state index is -0.763. The molecule has 5 rings (SSSR count). The van der Waals surface area contributed by atoms with E-state index in [4.69, 9.17) is 18.9 Å². The fourth-order valence-corrected chi connectivity index (χ4v) is 5.98. The molecule has 2 saturated heterocycles. The molecule has 2 aromatic carbocycles. The molecule has 0 spiro atoms. The third kappa shape index (κ3) is 6.42. The van der Waals surface area contributed by atoms with E-state index in [1.165, 1.54) is 0 Å². The number of rotatable bonds is 12. The van der Waals surface area contributed by atoms with Crippen molar-refractivity contribution >= 4 is 17.4 Å². The number of carbonyl (C=O) groups is 2. The molecule has 9 heteroatoms. The number of hydrogen-bond acceptors (Lipinski definition) is 8. The van der Waals surface area contributed by atoms with Gasteiger partial charge in [0.2, 0.25) is 0 Å². The molecule has 0 aliphatic carbocycles. The van der Waals surface area contributed by atoms with Crippen LogP contribution in [0.1, 0.15) is 62.3 Å². The Morgan fingerprint density at radius 1 is 1.02 bits per heavy atom. The number of aliphatic hydroxyl groups excluding tert-OH is 1. The number of aliphatic hydroxyl groups is 1. The average Bonchev–Trinajstić information content (AvgIpc) is 3.50. The summed E-state index contributed by atoms with van der Waals surface area (Å²) in [4.78, 5) is 31.0. The van der Waals surface area contributed by atoms with Gasteiger partial charge >= 0.3 is 0 Å². The molecule has 1 amide bonds. The van der Waals surface area contributed by atoms with E-state index in [1.807, 2.05) is 37.3 Å². The summed E-state index contributed by atoms with van der Waals surface area (Å²) in [6.45, 7) is 8.95. The Balaban J connectivity index is 1.48. The molecular weight excluding hydrogens is 536 g/mol. The van der Waals surface area contributed by atoms with E-state index >= 15 is 0 Å². The summed E-state index contributed by atoms with van der Waals surface area (Å²) in [6.07, 6.45) is 4.56. The number of nitrogens with zero attached hydrogens (tertiary/aromatic N) is 2. The number of likely N-dealkylation sites (tertiary alicyclic amines) is 1. The SMILES string of the molecule is CCCCCOc1ccc(C2C(=C(O)c3ccc4c(c3)CC(C)O4)C(=O)C(=O)N2CCCN2CCOCC2)cc1OC. The van der Waals surface area contributed by atoms with E-state index in [2.05, 4.69) is 11.8 Å². The van der Waals surface area contributed by atoms with Crippen molar-refractivity contribution in [1.82, 2.24) is 9.80 Å². The third-order valence-corrected chi connectivity index (χ3v) is 8.20. The van der Waals surface area contributed by atoms with Crippen molar-refractivity contribution in [3.05, 3.63) is 58.7 Å². The number of hydrogen-bond donors (Lipinski definition) is 1. The molecule has 3 aliphatic rings. The van der Waals surface area contributed by atoms with E-state index in [0.717, 1.165) is 50.2 Å². The molecule has 42 heavy (non-hydrogen) atoms. The van der Waals surface area contributed by atoms with Gasteiger partial charge < -0.3 is 29.0 Å². The molecule has 226 valence electrons. The van der Waals surface area contributed by atoms with Gasteiger partial charge in [0.15, 0.2) is 11.5 Å². The maximum absolute atomic E-state index is 13.6. The summed E-state index contributed by atoms with van der Waals surface area (Å²) in [6, 6.07) is 10.1. The Morgan fingerprint density at radius 2 is 1.83 bits per heavy atom. The summed E-state index contributed by atoms with van der Waals surface area (Å²) < 4.78 is 22.9. The first-order chi connectivity index (χ1) is 20.4. The Labute approximate surface area is 248 Å². The zero-order chi connectivity index (χ0) is 29.6. The molecule has 2 unspecified atom stereocenters. The lowest BCUT2D eigenvalue weighted by atomic mass is 9.94. The van der Waals surface area contributed by atoms with Gasteiger partial charge in [0.05, 0.1) is 38.5 Å². The average molecular weight is 579 g/mol. The highest BCUT2D eigenvalue weighted by atomic mass is 16.5. The lowest BCUT2D eigenvalue weighted by Gasteiger charge is -2.29. The van der Waals surface area contributed by atoms with Crippen LogP contribution < -0.4 is 14.2 Å². The van der Waals surface area contributed by atoms with E-state index in [1.54, 1.807) is 18.1 Å². The van der Waals surface area contributed by atoms with Crippen LogP contribution in [0.3, 0.4) is 0 Å². The molecule has 9 nitrogen and oxygen atoms in total. The van der Waals surface area contributed by atoms with E-state index in [9.17, 15) is 14.7 Å². The van der Waals surface area contributed by atoms with Gasteiger partial charge in [0, 0.05) is 38.2 Å². The van der Waals surface area contributed by atoms with Crippen molar-refractivity contribution in [2.75, 3.05) is 53.1 Å². The number of morpholine rings is 1. The molecule has 0 bridgehead atoms. The molecule has 0 aromatic heterocycles. The smallest absolute Gasteiger partial charge is 0.295 e. The summed E-state index contributed by atoms with van der Waals surface area (Å²) in [5.74, 6) is 0.419. The number of amides is 1. The van der Waals surface area contributed by atoms with Gasteiger partial charge in [-0.25, -0.2) is 0 Å². The van der Waals surface area contributed by atoms with Crippen molar-refractivity contribution in [1.29, 1.82) is 0 Å². The Bertz CT molecular complexity index is 1320. The van der Waals surface area contributed by atoms with Crippen LogP contribution in [-0.2, 0) is 20.7 Å². The minimum Gasteiger partial charge on any atom is -0.507 e. The summed E-state index contributed by atoms with van der Waals surface area (Å²) in [5.41, 5.74) is 2.22. The fourth-order valence-electron chi connectivity index (χ4n) is 5.98. The largest absolute Gasteiger partial charge is 0.507 e. The number of carbonyl (C=O) groups excluding carboxylic acids is 2. The van der Waals surface area contributed by atoms with Crippen LogP contribution in [0.4, 0.5) is 0 Å². The maximum atomic E-state index is 13.6. The van der Waals surface area contributed by atoms with Crippen molar-refractivity contribution in [2.24, 2.45) is 0 Å². The van der Waals surface area contributed by atoms with Crippen LogP contribution in [0.25, 0.3) is 5.76 Å². The molecule has 0 radical (unpaired) electrons. The normalized spacial score (nSPS) is 21.8. The summed E-state index contributed by atoms with van der Waals surface area (Å²) in [5, 5.41) is 11.6. The Hall–Kier alpha value is -3.56. The monoisotopic (exact) mass is 578 g/mol. The molecule has 1 N–H and O–H groups in total. The number of benzene rings is 2. The highest BCUT2D eigenvalue weighted by molar-refractivity contribution is 6.46. The van der Waals surface area contributed by atoms with Crippen LogP contribution in [0.2, 0.25) is 0 Å². The number of ether oxygens (including phenoxy) is 4. The highest BCUT2D eigenvalue weighted by Crippen LogP contribution is 2.43. The third-order valence-electron chi connectivity index (χ3n) is 8.20. The minimum absolute atomic E-state index is 0.0459. The Kier molecular flexibility index (Phi) is 9.69. The van der Waals surface area contributed by atoms with Crippen molar-refractivity contribution in [3.63, 3.8) is 0 Å². The van der Waals surface area contributed by atoms with Crippen LogP contribution in [0, 0.1) is 0 Å². The Morgan fingerprint density at radius 3 is 2.60 bits per heavy atom. The van der Waals surface area contributed by atoms with Crippen LogP contribution in [-0.4, -0.2) is 85.8 Å². The number of unbranched alkanes of at least 4 members (excludes halogenated alkanes) is 2. The molecular formula is C33H42N2O7. The molecule has 2 atom stereocenters. The van der Waals surface area contributed by atoms with E-state index < -0.39 is 17.7 Å². The zero-order valence-electron chi connectivity index (χ0n) is 24.9. The number of methoxy groups -OCH3 is 1. The lowest BCUT2D eigenvalue weighted by Crippen LogP contribution is -2.39. The van der Waals surface area contributed by atoms with Gasteiger partial charge in [-0.3, -0.25) is 14.5 Å². The second-order valence-electron chi connectivity index (χ2n) is 11.2. The summed E-state index contributed by atoms with van der Waals surface area (Å²) in [7, 11) is 1.57. The summed E-state index contributed by atoms with van der Waals surface area (Å²) >= 11 is 0. The molecule has 0 saturated carbocycles. The van der Waals surface area contributed by atoms with Crippen LogP contribution in [0.5, 0.6) is 17.2 Å². The predicted octanol–water partition coefficient (Wildman–Crippen LogP) is 4.73. The predicted molar refractivity (Wildman–Crippen MR) is 159 cm³/mol. The zero-order valence-corrected chi connectivity index (χ0v) is 24.9. The van der Waals surface area contributed by atoms with Crippen molar-refractivity contribution in [3.8, 4) is 17.2 Å². The van der Waals surface area contributed by atoms with Crippen molar-refractivity contribution < 1.29 is 33.6 Å². The second kappa shape index (κ2) is 13.6. The van der Waals surface area contributed by atoms with Gasteiger partial charge in [0.25, 0.3) is 11.7 Å². The standard InChI is InChI=1S/C33H42N2O7/c1-4-5-6-16-41-27-11-8-23(21-28(27)39-3)30-29(31(36)24-9-10-26-25(20-24)19-22(2)42-26)32(37)33(38)35(30)13-7-12-34-14-17-40-18-15-34/h8-11,20-22,30,36H,4-7,12-19H2,1-3H3. The molecule has 3 heterocycles. The second-order valence-corrected chi connectivity index (χ2v) is 11.2. The fraction of sp³-hybridized carbons (Fsp3) is 0.515. The molecule has 2 fully saturated rings. The van der Waals surface area contributed by atoms with Gasteiger partial charge in [-0.2, -0.15) is 0 Å². The first kappa shape index (κ1) is 29.9. The van der Waals surface area contributed by atoms with Crippen LogP contribution in [0.15, 0.2) is 42.0 Å². The van der Waals surface area contributed by atoms with Gasteiger partial charge in [-0.05, 0) is 61.2 Å². The lowest BCUT2D eigenvalue weighted by molar-refractivity contribution is -0.140. The van der Waals surface area contributed by atoms with Gasteiger partial charge in [-0.15, -0.1) is 0 Å². The number of Topliss-reactive ketones (excluding diaryl/α,β-unsaturated/α-hetero) is 1. The highest BCUT2D eigenvalue weighted by Gasteiger charge is 2.46. The molecule has 3 aliphatic heterocycles.